The maximum Gasteiger partial charge on any atom is 0.264 e. The molecule has 1 N–H and O–H groups in total. The van der Waals surface area contributed by atoms with E-state index in [1.807, 2.05) is 19.1 Å². The van der Waals surface area contributed by atoms with Crippen molar-refractivity contribution in [2.75, 3.05) is 16.2 Å². The van der Waals surface area contributed by atoms with E-state index in [-0.39, 0.29) is 10.8 Å². The van der Waals surface area contributed by atoms with Crippen LogP contribution in [-0.4, -0.2) is 25.9 Å². The van der Waals surface area contributed by atoms with Crippen LogP contribution in [0.3, 0.4) is 0 Å². The number of aryl methyl sites for hydroxylation is 1. The first kappa shape index (κ1) is 17.5. The Morgan fingerprint density at radius 1 is 1.19 bits per heavy atom. The number of nitrogens with zero attached hydrogens (tertiary/aromatic N) is 2. The van der Waals surface area contributed by atoms with Crippen molar-refractivity contribution in [2.45, 2.75) is 25.2 Å². The number of amides is 1. The smallest absolute Gasteiger partial charge is 0.264 e. The van der Waals surface area contributed by atoms with Gasteiger partial charge in [-0.1, -0.05) is 12.1 Å². The van der Waals surface area contributed by atoms with Gasteiger partial charge in [-0.2, -0.15) is 0 Å². The van der Waals surface area contributed by atoms with Gasteiger partial charge < -0.3 is 4.90 Å². The SMILES string of the molecule is CC(=O)N1CCc2cc(NS(=O)(=O)c3cccc4cc(C)cnc34)ccc21. The second-order valence-electron chi connectivity index (χ2n) is 6.71. The van der Waals surface area contributed by atoms with Gasteiger partial charge in [0, 0.05) is 36.4 Å². The van der Waals surface area contributed by atoms with Gasteiger partial charge >= 0.3 is 0 Å². The first-order valence-electron chi connectivity index (χ1n) is 8.64. The average molecular weight is 381 g/mol. The Labute approximate surface area is 157 Å². The van der Waals surface area contributed by atoms with Crippen LogP contribution >= 0.6 is 0 Å². The molecule has 1 aromatic heterocycles. The molecule has 3 aromatic rings. The summed E-state index contributed by atoms with van der Waals surface area (Å²) in [5.74, 6) is -0.0146. The van der Waals surface area contributed by atoms with Crippen LogP contribution in [0.25, 0.3) is 10.9 Å². The van der Waals surface area contributed by atoms with Crippen molar-refractivity contribution in [3.63, 3.8) is 0 Å². The van der Waals surface area contributed by atoms with E-state index in [2.05, 4.69) is 9.71 Å². The molecule has 27 heavy (non-hydrogen) atoms. The van der Waals surface area contributed by atoms with Crippen LogP contribution in [0.5, 0.6) is 0 Å². The van der Waals surface area contributed by atoms with Crippen LogP contribution in [0.2, 0.25) is 0 Å². The molecule has 0 radical (unpaired) electrons. The molecule has 138 valence electrons. The minimum Gasteiger partial charge on any atom is -0.312 e. The second kappa shape index (κ2) is 6.35. The fourth-order valence-corrected chi connectivity index (χ4v) is 4.69. The van der Waals surface area contributed by atoms with Crippen molar-refractivity contribution in [1.29, 1.82) is 0 Å². The molecule has 1 aliphatic heterocycles. The molecule has 1 amide bonds. The van der Waals surface area contributed by atoms with Crippen LogP contribution < -0.4 is 9.62 Å². The molecule has 0 atom stereocenters. The number of nitrogens with one attached hydrogen (secondary N) is 1. The quantitative estimate of drug-likeness (QED) is 0.755. The molecule has 2 aromatic carbocycles. The largest absolute Gasteiger partial charge is 0.312 e. The predicted molar refractivity (Wildman–Crippen MR) is 105 cm³/mol. The van der Waals surface area contributed by atoms with E-state index in [9.17, 15) is 13.2 Å². The maximum absolute atomic E-state index is 13.0. The number of hydrogen-bond acceptors (Lipinski definition) is 4. The molecule has 7 heteroatoms. The zero-order valence-corrected chi connectivity index (χ0v) is 15.9. The summed E-state index contributed by atoms with van der Waals surface area (Å²) in [4.78, 5) is 17.8. The minimum atomic E-state index is -3.79. The number of anilines is 2. The molecular weight excluding hydrogens is 362 g/mol. The van der Waals surface area contributed by atoms with E-state index in [1.165, 1.54) is 6.92 Å². The number of sulfonamides is 1. The summed E-state index contributed by atoms with van der Waals surface area (Å²) < 4.78 is 28.6. The van der Waals surface area contributed by atoms with E-state index in [1.54, 1.807) is 41.4 Å². The zero-order chi connectivity index (χ0) is 19.2. The van der Waals surface area contributed by atoms with E-state index in [0.717, 1.165) is 22.2 Å². The van der Waals surface area contributed by atoms with Crippen molar-refractivity contribution in [3.8, 4) is 0 Å². The summed E-state index contributed by atoms with van der Waals surface area (Å²) in [5.41, 5.74) is 3.69. The third-order valence-corrected chi connectivity index (χ3v) is 6.12. The molecule has 0 unspecified atom stereocenters. The maximum atomic E-state index is 13.0. The lowest BCUT2D eigenvalue weighted by atomic mass is 10.1. The second-order valence-corrected chi connectivity index (χ2v) is 8.36. The molecular formula is C20H19N3O3S. The first-order chi connectivity index (χ1) is 12.8. The molecule has 0 fully saturated rings. The lowest BCUT2D eigenvalue weighted by Gasteiger charge is -2.15. The van der Waals surface area contributed by atoms with E-state index in [4.69, 9.17) is 0 Å². The standard InChI is InChI=1S/C20H19N3O3S/c1-13-10-16-4-3-5-19(20(16)21-12-13)27(25,26)22-17-6-7-18-15(11-17)8-9-23(18)14(2)24/h3-7,10-12,22H,8-9H2,1-2H3. The van der Waals surface area contributed by atoms with Gasteiger partial charge in [-0.3, -0.25) is 14.5 Å². The highest BCUT2D eigenvalue weighted by Crippen LogP contribution is 2.32. The van der Waals surface area contributed by atoms with Crippen LogP contribution in [-0.2, 0) is 21.2 Å². The Morgan fingerprint density at radius 3 is 2.78 bits per heavy atom. The van der Waals surface area contributed by atoms with Crippen molar-refractivity contribution in [3.05, 3.63) is 59.8 Å². The van der Waals surface area contributed by atoms with Crippen LogP contribution in [0.15, 0.2) is 53.6 Å². The lowest BCUT2D eigenvalue weighted by Crippen LogP contribution is -2.25. The third-order valence-electron chi connectivity index (χ3n) is 4.71. The van der Waals surface area contributed by atoms with Crippen molar-refractivity contribution < 1.29 is 13.2 Å². The van der Waals surface area contributed by atoms with E-state index >= 15 is 0 Å². The summed E-state index contributed by atoms with van der Waals surface area (Å²) in [6, 6.07) is 12.3. The van der Waals surface area contributed by atoms with Crippen molar-refractivity contribution in [1.82, 2.24) is 4.98 Å². The summed E-state index contributed by atoms with van der Waals surface area (Å²) in [6.45, 7) is 4.06. The van der Waals surface area contributed by atoms with Crippen LogP contribution in [0.1, 0.15) is 18.1 Å². The number of aromatic nitrogens is 1. The number of pyridine rings is 1. The summed E-state index contributed by atoms with van der Waals surface area (Å²) in [6.07, 6.45) is 2.37. The van der Waals surface area contributed by atoms with Gasteiger partial charge in [0.2, 0.25) is 5.91 Å². The predicted octanol–water partition coefficient (Wildman–Crippen LogP) is 3.25. The molecule has 0 saturated heterocycles. The number of fused-ring (bicyclic) bond motifs is 2. The zero-order valence-electron chi connectivity index (χ0n) is 15.1. The highest BCUT2D eigenvalue weighted by molar-refractivity contribution is 7.93. The van der Waals surface area contributed by atoms with Crippen LogP contribution in [0, 0.1) is 6.92 Å². The molecule has 2 heterocycles. The third kappa shape index (κ3) is 3.14. The highest BCUT2D eigenvalue weighted by atomic mass is 32.2. The molecule has 1 aliphatic rings. The Balaban J connectivity index is 1.70. The van der Waals surface area contributed by atoms with Crippen LogP contribution in [0.4, 0.5) is 11.4 Å². The first-order valence-corrected chi connectivity index (χ1v) is 10.1. The number of rotatable bonds is 3. The molecule has 0 spiro atoms. The van der Waals surface area contributed by atoms with Gasteiger partial charge in [-0.05, 0) is 54.8 Å². The Morgan fingerprint density at radius 2 is 2.00 bits per heavy atom. The molecule has 0 bridgehead atoms. The van der Waals surface area contributed by atoms with Gasteiger partial charge in [0.15, 0.2) is 0 Å². The Hall–Kier alpha value is -2.93. The van der Waals surface area contributed by atoms with Gasteiger partial charge in [0.05, 0.1) is 5.52 Å². The van der Waals surface area contributed by atoms with Gasteiger partial charge in [-0.15, -0.1) is 0 Å². The fourth-order valence-electron chi connectivity index (χ4n) is 3.46. The monoisotopic (exact) mass is 381 g/mol. The van der Waals surface area contributed by atoms with E-state index < -0.39 is 10.0 Å². The average Bonchev–Trinajstić information content (AvgIpc) is 3.04. The number of para-hydroxylation sites is 1. The molecule has 4 rings (SSSR count). The summed E-state index contributed by atoms with van der Waals surface area (Å²) in [7, 11) is -3.79. The fraction of sp³-hybridized carbons (Fsp3) is 0.200. The molecule has 0 aliphatic carbocycles. The van der Waals surface area contributed by atoms with Gasteiger partial charge in [0.1, 0.15) is 4.90 Å². The highest BCUT2D eigenvalue weighted by Gasteiger charge is 2.24. The molecule has 0 saturated carbocycles. The number of carbonyl (C=O) groups excluding carboxylic acids is 1. The number of hydrogen-bond donors (Lipinski definition) is 1. The summed E-state index contributed by atoms with van der Waals surface area (Å²) in [5, 5.41) is 0.781. The van der Waals surface area contributed by atoms with Crippen molar-refractivity contribution in [2.24, 2.45) is 0 Å². The number of carbonyl (C=O) groups is 1. The normalized spacial score (nSPS) is 13.6. The summed E-state index contributed by atoms with van der Waals surface area (Å²) >= 11 is 0. The van der Waals surface area contributed by atoms with Gasteiger partial charge in [0.25, 0.3) is 10.0 Å². The Bertz CT molecular complexity index is 1170. The lowest BCUT2D eigenvalue weighted by molar-refractivity contribution is -0.116. The molecule has 6 nitrogen and oxygen atoms in total. The minimum absolute atomic E-state index is 0.0146. The Kier molecular flexibility index (Phi) is 4.11. The van der Waals surface area contributed by atoms with Crippen molar-refractivity contribution >= 4 is 38.2 Å². The van der Waals surface area contributed by atoms with E-state index in [0.29, 0.717) is 24.2 Å². The number of benzene rings is 2. The van der Waals surface area contributed by atoms with Gasteiger partial charge in [-0.25, -0.2) is 8.42 Å². The topological polar surface area (TPSA) is 79.4 Å².